The molecule has 2 heterocycles. The lowest BCUT2D eigenvalue weighted by atomic mass is 9.89. The van der Waals surface area contributed by atoms with Gasteiger partial charge in [0.1, 0.15) is 0 Å². The predicted molar refractivity (Wildman–Crippen MR) is 149 cm³/mol. The molecule has 0 bridgehead atoms. The minimum atomic E-state index is -0.264. The van der Waals surface area contributed by atoms with Gasteiger partial charge in [-0.05, 0) is 85.9 Å². The molecule has 0 aliphatic heterocycles. The number of pyridine rings is 1. The molecule has 4 aromatic rings. The standard InChI is InChI=1S/C28H23BrCl2N4O/c1-17(24-7-2-3-14-32-24)33-28(36)26-22-6-4-5-19(15-18-8-10-20(29)11-9-18)27(22)35(34-26)25-13-12-21(30)16-23(25)31/h2-3,7-17H,4-6H2,1H3,(H,33,36)/b19-15+/t17-/m1/s1. The van der Waals surface area contributed by atoms with Crippen LogP contribution in [0.15, 0.2) is 71.3 Å². The fraction of sp³-hybridized carbons (Fsp3) is 0.179. The Kier molecular flexibility index (Phi) is 7.28. The second-order valence-electron chi connectivity index (χ2n) is 8.71. The first kappa shape index (κ1) is 24.8. The summed E-state index contributed by atoms with van der Waals surface area (Å²) in [5.41, 5.74) is 5.87. The zero-order valence-electron chi connectivity index (χ0n) is 19.5. The smallest absolute Gasteiger partial charge is 0.272 e. The fourth-order valence-electron chi connectivity index (χ4n) is 4.47. The van der Waals surface area contributed by atoms with Crippen LogP contribution in [0, 0.1) is 0 Å². The summed E-state index contributed by atoms with van der Waals surface area (Å²) >= 11 is 16.3. The van der Waals surface area contributed by atoms with Crippen LogP contribution in [0.1, 0.15) is 58.8 Å². The first-order chi connectivity index (χ1) is 17.4. The molecule has 1 atom stereocenters. The lowest BCUT2D eigenvalue weighted by Gasteiger charge is -2.19. The van der Waals surface area contributed by atoms with Gasteiger partial charge in [-0.15, -0.1) is 0 Å². The van der Waals surface area contributed by atoms with Crippen LogP contribution in [0.2, 0.25) is 10.0 Å². The number of amides is 1. The highest BCUT2D eigenvalue weighted by molar-refractivity contribution is 9.10. The van der Waals surface area contributed by atoms with Crippen molar-refractivity contribution >= 4 is 56.7 Å². The number of hydrogen-bond acceptors (Lipinski definition) is 3. The van der Waals surface area contributed by atoms with Crippen LogP contribution in [0.5, 0.6) is 0 Å². The Morgan fingerprint density at radius 3 is 2.64 bits per heavy atom. The fourth-order valence-corrected chi connectivity index (χ4v) is 5.23. The maximum Gasteiger partial charge on any atom is 0.272 e. The van der Waals surface area contributed by atoms with E-state index in [-0.39, 0.29) is 11.9 Å². The van der Waals surface area contributed by atoms with Crippen LogP contribution in [0.3, 0.4) is 0 Å². The van der Waals surface area contributed by atoms with Crippen molar-refractivity contribution in [3.05, 3.63) is 110 Å². The van der Waals surface area contributed by atoms with Crippen molar-refractivity contribution in [3.63, 3.8) is 0 Å². The Balaban J connectivity index is 1.61. The number of rotatable bonds is 5. The summed E-state index contributed by atoms with van der Waals surface area (Å²) in [5, 5.41) is 8.89. The number of aromatic nitrogens is 3. The second-order valence-corrected chi connectivity index (χ2v) is 10.5. The van der Waals surface area contributed by atoms with Crippen LogP contribution in [0.25, 0.3) is 17.3 Å². The number of fused-ring (bicyclic) bond motifs is 1. The number of nitrogens with zero attached hydrogens (tertiary/aromatic N) is 3. The number of nitrogens with one attached hydrogen (secondary N) is 1. The number of hydrogen-bond donors (Lipinski definition) is 1. The Bertz CT molecular complexity index is 1450. The van der Waals surface area contributed by atoms with E-state index < -0.39 is 0 Å². The van der Waals surface area contributed by atoms with E-state index in [0.29, 0.717) is 21.4 Å². The molecule has 1 N–H and O–H groups in total. The molecule has 5 nitrogen and oxygen atoms in total. The van der Waals surface area contributed by atoms with Crippen molar-refractivity contribution in [2.75, 3.05) is 0 Å². The van der Waals surface area contributed by atoms with E-state index in [9.17, 15) is 4.79 Å². The number of carbonyl (C=O) groups excluding carboxylic acids is 1. The van der Waals surface area contributed by atoms with Crippen molar-refractivity contribution in [1.82, 2.24) is 20.1 Å². The highest BCUT2D eigenvalue weighted by Crippen LogP contribution is 2.38. The molecule has 1 amide bonds. The van der Waals surface area contributed by atoms with E-state index in [1.54, 1.807) is 23.0 Å². The molecule has 1 aliphatic rings. The summed E-state index contributed by atoms with van der Waals surface area (Å²) in [6.45, 7) is 1.92. The quantitative estimate of drug-likeness (QED) is 0.262. The van der Waals surface area contributed by atoms with Gasteiger partial charge in [0.25, 0.3) is 5.91 Å². The summed E-state index contributed by atoms with van der Waals surface area (Å²) in [6, 6.07) is 18.8. The van der Waals surface area contributed by atoms with Gasteiger partial charge in [-0.2, -0.15) is 5.10 Å². The average molecular weight is 582 g/mol. The molecule has 36 heavy (non-hydrogen) atoms. The molecule has 0 unspecified atom stereocenters. The number of carbonyl (C=O) groups is 1. The summed E-state index contributed by atoms with van der Waals surface area (Å²) in [4.78, 5) is 17.9. The van der Waals surface area contributed by atoms with Gasteiger partial charge in [0.15, 0.2) is 5.69 Å². The van der Waals surface area contributed by atoms with Gasteiger partial charge >= 0.3 is 0 Å². The molecule has 0 spiro atoms. The third-order valence-electron chi connectivity index (χ3n) is 6.20. The summed E-state index contributed by atoms with van der Waals surface area (Å²) in [7, 11) is 0. The zero-order chi connectivity index (χ0) is 25.2. The third-order valence-corrected chi connectivity index (χ3v) is 7.27. The van der Waals surface area contributed by atoms with Crippen molar-refractivity contribution in [2.45, 2.75) is 32.2 Å². The molecule has 8 heteroatoms. The number of allylic oxidation sites excluding steroid dienone is 1. The molecule has 0 saturated heterocycles. The Hall–Kier alpha value is -2.93. The average Bonchev–Trinajstić information content (AvgIpc) is 3.26. The van der Waals surface area contributed by atoms with Crippen molar-refractivity contribution in [2.24, 2.45) is 0 Å². The van der Waals surface area contributed by atoms with E-state index >= 15 is 0 Å². The highest BCUT2D eigenvalue weighted by Gasteiger charge is 2.29. The molecule has 1 aliphatic carbocycles. The highest BCUT2D eigenvalue weighted by atomic mass is 79.9. The molecule has 0 fully saturated rings. The molecule has 2 aromatic carbocycles. The molecule has 0 saturated carbocycles. The largest absolute Gasteiger partial charge is 0.343 e. The topological polar surface area (TPSA) is 59.8 Å². The Morgan fingerprint density at radius 2 is 1.92 bits per heavy atom. The zero-order valence-corrected chi connectivity index (χ0v) is 22.6. The Labute approximate surface area is 228 Å². The van der Waals surface area contributed by atoms with E-state index in [0.717, 1.165) is 51.8 Å². The minimum absolute atomic E-state index is 0.238. The molecular formula is C28H23BrCl2N4O. The van der Waals surface area contributed by atoms with Crippen molar-refractivity contribution in [1.29, 1.82) is 0 Å². The Morgan fingerprint density at radius 1 is 1.11 bits per heavy atom. The minimum Gasteiger partial charge on any atom is -0.343 e. The summed E-state index contributed by atoms with van der Waals surface area (Å²) in [5.74, 6) is -0.238. The van der Waals surface area contributed by atoms with E-state index in [1.807, 2.05) is 43.3 Å². The molecule has 0 radical (unpaired) electrons. The van der Waals surface area contributed by atoms with Gasteiger partial charge in [-0.3, -0.25) is 9.78 Å². The summed E-state index contributed by atoms with van der Waals surface area (Å²) in [6.07, 6.45) is 6.41. The van der Waals surface area contributed by atoms with E-state index in [4.69, 9.17) is 28.3 Å². The van der Waals surface area contributed by atoms with Gasteiger partial charge < -0.3 is 5.32 Å². The van der Waals surface area contributed by atoms with Crippen LogP contribution < -0.4 is 5.32 Å². The van der Waals surface area contributed by atoms with Crippen molar-refractivity contribution in [3.8, 4) is 5.69 Å². The van der Waals surface area contributed by atoms with Gasteiger partial charge in [0.05, 0.1) is 28.1 Å². The predicted octanol–water partition coefficient (Wildman–Crippen LogP) is 7.70. The lowest BCUT2D eigenvalue weighted by Crippen LogP contribution is -2.28. The van der Waals surface area contributed by atoms with Crippen LogP contribution in [-0.4, -0.2) is 20.7 Å². The van der Waals surface area contributed by atoms with Crippen LogP contribution >= 0.6 is 39.1 Å². The summed E-state index contributed by atoms with van der Waals surface area (Å²) < 4.78 is 2.81. The number of halogens is 3. The van der Waals surface area contributed by atoms with Gasteiger partial charge in [0.2, 0.25) is 0 Å². The monoisotopic (exact) mass is 580 g/mol. The SMILES string of the molecule is C[C@@H](NC(=O)c1nn(-c2ccc(Cl)cc2Cl)c2c1CCC/C2=C\c1ccc(Br)cc1)c1ccccn1. The maximum atomic E-state index is 13.5. The molecule has 182 valence electrons. The van der Waals surface area contributed by atoms with E-state index in [2.05, 4.69) is 44.4 Å². The first-order valence-corrected chi connectivity index (χ1v) is 13.2. The lowest BCUT2D eigenvalue weighted by molar-refractivity contribution is 0.0932. The first-order valence-electron chi connectivity index (χ1n) is 11.7. The maximum absolute atomic E-state index is 13.5. The van der Waals surface area contributed by atoms with E-state index in [1.165, 1.54) is 0 Å². The third kappa shape index (κ3) is 5.12. The van der Waals surface area contributed by atoms with Crippen molar-refractivity contribution < 1.29 is 4.79 Å². The van der Waals surface area contributed by atoms with Crippen LogP contribution in [0.4, 0.5) is 0 Å². The van der Waals surface area contributed by atoms with Gasteiger partial charge in [0, 0.05) is 21.3 Å². The molecule has 5 rings (SSSR count). The second kappa shape index (κ2) is 10.6. The van der Waals surface area contributed by atoms with Gasteiger partial charge in [-0.25, -0.2) is 4.68 Å². The normalized spacial score (nSPS) is 14.9. The number of benzene rings is 2. The van der Waals surface area contributed by atoms with Crippen LogP contribution in [-0.2, 0) is 6.42 Å². The molecular weight excluding hydrogens is 559 g/mol. The molecule has 2 aromatic heterocycles. The van der Waals surface area contributed by atoms with Gasteiger partial charge in [-0.1, -0.05) is 57.3 Å².